The van der Waals surface area contributed by atoms with Gasteiger partial charge in [0, 0.05) is 112 Å². The highest BCUT2D eigenvalue weighted by atomic mass is 32.1. The monoisotopic (exact) mass is 1460 g/mol. The van der Waals surface area contributed by atoms with Gasteiger partial charge in [0.25, 0.3) is 0 Å². The normalized spacial score (nSPS) is 11.6. The van der Waals surface area contributed by atoms with Gasteiger partial charge in [-0.2, -0.15) is 0 Å². The van der Waals surface area contributed by atoms with Crippen LogP contribution >= 0.6 is 22.7 Å². The van der Waals surface area contributed by atoms with Crippen LogP contribution in [0.5, 0.6) is 0 Å². The van der Waals surface area contributed by atoms with E-state index in [9.17, 15) is 0 Å². The predicted molar refractivity (Wildman–Crippen MR) is 468 cm³/mol. The van der Waals surface area contributed by atoms with E-state index < -0.39 is 0 Å². The molecule has 8 nitrogen and oxygen atoms in total. The van der Waals surface area contributed by atoms with E-state index in [4.69, 9.17) is 29.9 Å². The number of para-hydroxylation sites is 5. The van der Waals surface area contributed by atoms with Gasteiger partial charge in [0.15, 0.2) is 34.9 Å². The Kier molecular flexibility index (Phi) is 16.4. The number of hydrogen-bond donors (Lipinski definition) is 0. The van der Waals surface area contributed by atoms with Gasteiger partial charge in [0.1, 0.15) is 0 Å². The van der Waals surface area contributed by atoms with Crippen LogP contribution in [0.2, 0.25) is 0 Å². The van der Waals surface area contributed by atoms with Crippen molar-refractivity contribution in [3.05, 3.63) is 388 Å². The first-order chi connectivity index (χ1) is 55.5. The fourth-order valence-electron chi connectivity index (χ4n) is 16.1. The minimum Gasteiger partial charge on any atom is -0.309 e. The molecule has 524 valence electrons. The van der Waals surface area contributed by atoms with Crippen LogP contribution in [-0.2, 0) is 0 Å². The minimum absolute atomic E-state index is 0.644. The second-order valence-electron chi connectivity index (χ2n) is 28.0. The fraction of sp³-hybridized carbons (Fsp3) is 0. The topological polar surface area (TPSA) is 87.2 Å². The van der Waals surface area contributed by atoms with Gasteiger partial charge in [-0.3, -0.25) is 0 Å². The Morgan fingerprint density at radius 1 is 0.179 bits per heavy atom. The van der Waals surface area contributed by atoms with Crippen molar-refractivity contribution in [2.45, 2.75) is 0 Å². The third-order valence-electron chi connectivity index (χ3n) is 21.3. The van der Waals surface area contributed by atoms with Crippen LogP contribution < -0.4 is 0 Å². The zero-order valence-electron chi connectivity index (χ0n) is 60.3. The average molecular weight is 1470 g/mol. The molecule has 0 aliphatic heterocycles. The van der Waals surface area contributed by atoms with Gasteiger partial charge in [-0.05, 0) is 112 Å². The van der Waals surface area contributed by atoms with E-state index in [1.54, 1.807) is 11.3 Å². The second-order valence-corrected chi connectivity index (χ2v) is 30.1. The second kappa shape index (κ2) is 28.0. The first-order valence-corrected chi connectivity index (χ1v) is 39.2. The van der Waals surface area contributed by atoms with Gasteiger partial charge >= 0.3 is 0 Å². The lowest BCUT2D eigenvalue weighted by Gasteiger charge is -2.16. The van der Waals surface area contributed by atoms with Gasteiger partial charge in [-0.25, -0.2) is 29.9 Å². The number of hydrogen-bond acceptors (Lipinski definition) is 8. The average Bonchev–Trinajstić information content (AvgIpc) is 1.60. The first kappa shape index (κ1) is 65.8. The molecule has 0 bridgehead atoms. The summed E-state index contributed by atoms with van der Waals surface area (Å²) in [6, 6.07) is 137. The summed E-state index contributed by atoms with van der Waals surface area (Å²) >= 11 is 3.64. The van der Waals surface area contributed by atoms with Crippen molar-refractivity contribution in [2.24, 2.45) is 0 Å². The Bertz CT molecular complexity index is 7190. The van der Waals surface area contributed by atoms with E-state index in [0.29, 0.717) is 34.9 Å². The molecule has 0 aliphatic carbocycles. The van der Waals surface area contributed by atoms with Crippen molar-refractivity contribution < 1.29 is 0 Å². The Balaban J connectivity index is 0.000000141. The van der Waals surface area contributed by atoms with Gasteiger partial charge in [-0.1, -0.05) is 309 Å². The van der Waals surface area contributed by atoms with E-state index in [2.05, 4.69) is 300 Å². The molecule has 0 fully saturated rings. The third kappa shape index (κ3) is 11.8. The molecule has 0 amide bonds. The molecule has 0 unspecified atom stereocenters. The highest BCUT2D eigenvalue weighted by molar-refractivity contribution is 7.26. The van der Waals surface area contributed by atoms with Crippen LogP contribution in [0.25, 0.3) is 208 Å². The maximum atomic E-state index is 5.21. The van der Waals surface area contributed by atoms with Crippen molar-refractivity contribution in [2.75, 3.05) is 0 Å². The molecule has 22 aromatic rings. The van der Waals surface area contributed by atoms with Crippen LogP contribution in [0, 0.1) is 0 Å². The van der Waals surface area contributed by atoms with E-state index in [1.165, 1.54) is 95.9 Å². The van der Waals surface area contributed by atoms with Crippen molar-refractivity contribution in [1.82, 2.24) is 39.0 Å². The van der Waals surface area contributed by atoms with E-state index >= 15 is 0 Å². The highest BCUT2D eigenvalue weighted by Crippen LogP contribution is 2.48. The zero-order valence-corrected chi connectivity index (χ0v) is 62.0. The summed E-state index contributed by atoms with van der Waals surface area (Å²) < 4.78 is 9.75. The summed E-state index contributed by atoms with van der Waals surface area (Å²) in [5.41, 5.74) is 22.1. The van der Waals surface area contributed by atoms with Crippen molar-refractivity contribution in [3.8, 4) is 124 Å². The van der Waals surface area contributed by atoms with Crippen LogP contribution in [-0.4, -0.2) is 39.0 Å². The van der Waals surface area contributed by atoms with Crippen LogP contribution in [0.1, 0.15) is 0 Å². The quantitative estimate of drug-likeness (QED) is 0.121. The van der Waals surface area contributed by atoms with Crippen LogP contribution in [0.15, 0.2) is 388 Å². The molecule has 16 aromatic carbocycles. The summed E-state index contributed by atoms with van der Waals surface area (Å²) in [6.45, 7) is 0. The fourth-order valence-corrected chi connectivity index (χ4v) is 18.5. The van der Waals surface area contributed by atoms with E-state index in [-0.39, 0.29) is 0 Å². The lowest BCUT2D eigenvalue weighted by atomic mass is 9.92. The molecule has 0 radical (unpaired) electrons. The SMILES string of the molecule is c1ccc(-c2nc(-c3ccccc3)nc(-c3cc(-c4ccccc4-c4ccc5c6ccccc6n(-c6ccccc6)c5c4)cc4c3sc3ccccc34)n2)cc1.c1ccc(-c2nc(-c3ccccc3)nc(-c3ccc(-c4cc(-c5ccccc5-n5c6ccccc6c6ccccc65)cc5c4sc4ccccc45)cc3)n2)cc1. The van der Waals surface area contributed by atoms with Crippen molar-refractivity contribution in [3.63, 3.8) is 0 Å². The molecule has 10 heteroatoms. The number of aromatic nitrogens is 8. The van der Waals surface area contributed by atoms with Gasteiger partial charge in [-0.15, -0.1) is 22.7 Å². The molecule has 6 aromatic heterocycles. The standard InChI is InChI=1S/2C51H32N4S/c1-4-16-33(17-5-1)49-52-50(34-18-6-2-7-19-34)54-51(53-49)44-31-36(30-43-42-25-13-15-27-47(42)56-48(43)44)39-23-11-10-22-38(39)35-28-29-41-40-24-12-14-26-45(40)55(46(41)32-35)37-20-8-3-9-21-37;1-3-15-34(16-4-1)49-52-50(35-17-5-2-6-18-35)54-51(53-49)36-29-27-33(28-30-36)42-31-37(32-43-41-22-10-14-26-47(41)56-48(42)43)38-19-7-11-23-44(38)55-45-24-12-8-20-39(45)40-21-9-13-25-46(40)55/h2*1-32H. The molecular formula is C102H64N8S2. The number of benzene rings is 16. The Morgan fingerprint density at radius 2 is 0.509 bits per heavy atom. The van der Waals surface area contributed by atoms with Gasteiger partial charge < -0.3 is 9.13 Å². The van der Waals surface area contributed by atoms with Crippen LogP contribution in [0.3, 0.4) is 0 Å². The van der Waals surface area contributed by atoms with E-state index in [1.807, 2.05) is 108 Å². The number of thiophene rings is 2. The molecule has 112 heavy (non-hydrogen) atoms. The number of nitrogens with zero attached hydrogens (tertiary/aromatic N) is 8. The molecule has 0 N–H and O–H groups in total. The minimum atomic E-state index is 0.644. The summed E-state index contributed by atoms with van der Waals surface area (Å²) in [7, 11) is 0. The van der Waals surface area contributed by atoms with Gasteiger partial charge in [0.05, 0.1) is 27.8 Å². The molecule has 0 saturated carbocycles. The maximum absolute atomic E-state index is 5.21. The lowest BCUT2D eigenvalue weighted by Crippen LogP contribution is -2.00. The van der Waals surface area contributed by atoms with Crippen LogP contribution in [0.4, 0.5) is 0 Å². The Hall–Kier alpha value is -14.4. The molecule has 0 spiro atoms. The van der Waals surface area contributed by atoms with Gasteiger partial charge in [0.2, 0.25) is 0 Å². The highest BCUT2D eigenvalue weighted by Gasteiger charge is 2.24. The summed E-state index contributed by atoms with van der Waals surface area (Å²) in [6.07, 6.45) is 0. The Morgan fingerprint density at radius 3 is 1.00 bits per heavy atom. The Labute approximate surface area is 653 Å². The first-order valence-electron chi connectivity index (χ1n) is 37.6. The lowest BCUT2D eigenvalue weighted by molar-refractivity contribution is 1.07. The maximum Gasteiger partial charge on any atom is 0.165 e. The predicted octanol–water partition coefficient (Wildman–Crippen LogP) is 27.3. The zero-order chi connectivity index (χ0) is 74.0. The molecule has 6 heterocycles. The smallest absolute Gasteiger partial charge is 0.165 e. The number of rotatable bonds is 12. The third-order valence-corrected chi connectivity index (χ3v) is 23.8. The van der Waals surface area contributed by atoms with Crippen molar-refractivity contribution >= 4 is 107 Å². The van der Waals surface area contributed by atoms with E-state index in [0.717, 1.165) is 77.3 Å². The molecule has 0 atom stereocenters. The largest absolute Gasteiger partial charge is 0.309 e. The summed E-state index contributed by atoms with van der Waals surface area (Å²) in [4.78, 5) is 30.3. The molecule has 0 aliphatic rings. The molecular weight excluding hydrogens is 1400 g/mol. The summed E-state index contributed by atoms with van der Waals surface area (Å²) in [5.74, 6) is 3.90. The number of fused-ring (bicyclic) bond motifs is 12. The molecule has 0 saturated heterocycles. The summed E-state index contributed by atoms with van der Waals surface area (Å²) in [5, 5.41) is 9.93. The van der Waals surface area contributed by atoms with Crippen molar-refractivity contribution in [1.29, 1.82) is 0 Å². The molecule has 22 rings (SSSR count).